The van der Waals surface area contributed by atoms with E-state index in [1.54, 1.807) is 0 Å². The van der Waals surface area contributed by atoms with Gasteiger partial charge in [0.25, 0.3) is 0 Å². The average molecular weight is 324 g/mol. The molecule has 124 valence electrons. The van der Waals surface area contributed by atoms with Crippen LogP contribution in [0, 0.1) is 5.92 Å². The lowest BCUT2D eigenvalue weighted by Crippen LogP contribution is -2.46. The van der Waals surface area contributed by atoms with Gasteiger partial charge in [0.15, 0.2) is 0 Å². The van der Waals surface area contributed by atoms with Crippen LogP contribution in [0.2, 0.25) is 0 Å². The molecule has 0 aromatic heterocycles. The van der Waals surface area contributed by atoms with Crippen LogP contribution in [0.4, 0.5) is 0 Å². The third kappa shape index (κ3) is 5.54. The molecule has 0 bridgehead atoms. The van der Waals surface area contributed by atoms with Gasteiger partial charge in [-0.1, -0.05) is 30.3 Å². The number of piperazine rings is 1. The van der Waals surface area contributed by atoms with Crippen LogP contribution in [-0.4, -0.2) is 55.6 Å². The van der Waals surface area contributed by atoms with Crippen molar-refractivity contribution in [1.29, 1.82) is 0 Å². The van der Waals surface area contributed by atoms with E-state index >= 15 is 0 Å². The maximum Gasteiger partial charge on any atom is 0.0234 e. The van der Waals surface area contributed by atoms with Gasteiger partial charge in [0.1, 0.15) is 0 Å². The predicted molar refractivity (Wildman–Crippen MR) is 95.6 cm³/mol. The van der Waals surface area contributed by atoms with Crippen molar-refractivity contribution >= 4 is 12.4 Å². The molecule has 1 N–H and O–H groups in total. The molecule has 0 aliphatic carbocycles. The Morgan fingerprint density at radius 1 is 0.909 bits per heavy atom. The third-order valence-electron chi connectivity index (χ3n) is 5.03. The number of hydrogen-bond donors (Lipinski definition) is 1. The SMILES string of the molecule is Cl.c1ccc(CN2CCN(CCC3CCNCC3)CC2)cc1. The summed E-state index contributed by atoms with van der Waals surface area (Å²) in [4.78, 5) is 5.26. The molecule has 22 heavy (non-hydrogen) atoms. The second kappa shape index (κ2) is 9.51. The fourth-order valence-corrected chi connectivity index (χ4v) is 3.55. The number of nitrogens with zero attached hydrogens (tertiary/aromatic N) is 2. The van der Waals surface area contributed by atoms with Crippen molar-refractivity contribution in [1.82, 2.24) is 15.1 Å². The van der Waals surface area contributed by atoms with Crippen LogP contribution < -0.4 is 5.32 Å². The maximum absolute atomic E-state index is 3.46. The normalized spacial score (nSPS) is 21.5. The van der Waals surface area contributed by atoms with E-state index in [0.717, 1.165) is 12.5 Å². The number of piperidine rings is 1. The van der Waals surface area contributed by atoms with Gasteiger partial charge in [-0.2, -0.15) is 0 Å². The van der Waals surface area contributed by atoms with Crippen LogP contribution in [0.15, 0.2) is 30.3 Å². The van der Waals surface area contributed by atoms with E-state index in [0.29, 0.717) is 0 Å². The molecular formula is C18H30ClN3. The summed E-state index contributed by atoms with van der Waals surface area (Å²) in [5, 5.41) is 3.46. The molecular weight excluding hydrogens is 294 g/mol. The zero-order chi connectivity index (χ0) is 14.3. The van der Waals surface area contributed by atoms with Gasteiger partial charge in [0.05, 0.1) is 0 Å². The van der Waals surface area contributed by atoms with Gasteiger partial charge in [-0.15, -0.1) is 12.4 Å². The minimum Gasteiger partial charge on any atom is -0.317 e. The van der Waals surface area contributed by atoms with Crippen molar-refractivity contribution < 1.29 is 0 Å². The Hall–Kier alpha value is -0.610. The van der Waals surface area contributed by atoms with Crippen LogP contribution in [0.5, 0.6) is 0 Å². The Labute approximate surface area is 141 Å². The van der Waals surface area contributed by atoms with E-state index in [-0.39, 0.29) is 12.4 Å². The molecule has 2 aliphatic rings. The monoisotopic (exact) mass is 323 g/mol. The Kier molecular flexibility index (Phi) is 7.67. The van der Waals surface area contributed by atoms with E-state index in [1.165, 1.54) is 70.6 Å². The van der Waals surface area contributed by atoms with E-state index in [1.807, 2.05) is 0 Å². The highest BCUT2D eigenvalue weighted by atomic mass is 35.5. The molecule has 1 aromatic rings. The first-order chi connectivity index (χ1) is 10.4. The highest BCUT2D eigenvalue weighted by Crippen LogP contribution is 2.17. The van der Waals surface area contributed by atoms with Gasteiger partial charge >= 0.3 is 0 Å². The van der Waals surface area contributed by atoms with Crippen LogP contribution in [0.1, 0.15) is 24.8 Å². The molecule has 3 rings (SSSR count). The summed E-state index contributed by atoms with van der Waals surface area (Å²) in [5.74, 6) is 0.966. The third-order valence-corrected chi connectivity index (χ3v) is 5.03. The van der Waals surface area contributed by atoms with Gasteiger partial charge in [-0.05, 0) is 50.4 Å². The van der Waals surface area contributed by atoms with Crippen molar-refractivity contribution in [3.05, 3.63) is 35.9 Å². The molecule has 0 spiro atoms. The summed E-state index contributed by atoms with van der Waals surface area (Å²) < 4.78 is 0. The number of nitrogens with one attached hydrogen (secondary N) is 1. The molecule has 2 heterocycles. The summed E-state index contributed by atoms with van der Waals surface area (Å²) in [6.45, 7) is 9.83. The van der Waals surface area contributed by atoms with E-state index < -0.39 is 0 Å². The van der Waals surface area contributed by atoms with Gasteiger partial charge in [0, 0.05) is 32.7 Å². The largest absolute Gasteiger partial charge is 0.317 e. The molecule has 0 amide bonds. The summed E-state index contributed by atoms with van der Waals surface area (Å²) in [6, 6.07) is 10.9. The van der Waals surface area contributed by atoms with Crippen molar-refractivity contribution in [3.63, 3.8) is 0 Å². The second-order valence-electron chi connectivity index (χ2n) is 6.59. The first-order valence-electron chi connectivity index (χ1n) is 8.59. The second-order valence-corrected chi connectivity index (χ2v) is 6.59. The lowest BCUT2D eigenvalue weighted by atomic mass is 9.94. The first kappa shape index (κ1) is 17.7. The van der Waals surface area contributed by atoms with Crippen molar-refractivity contribution in [2.45, 2.75) is 25.8 Å². The highest BCUT2D eigenvalue weighted by molar-refractivity contribution is 5.85. The Morgan fingerprint density at radius 3 is 2.23 bits per heavy atom. The summed E-state index contributed by atoms with van der Waals surface area (Å²) in [6.07, 6.45) is 4.17. The molecule has 2 saturated heterocycles. The molecule has 4 heteroatoms. The maximum atomic E-state index is 3.46. The molecule has 3 nitrogen and oxygen atoms in total. The molecule has 2 fully saturated rings. The summed E-state index contributed by atoms with van der Waals surface area (Å²) in [7, 11) is 0. The summed E-state index contributed by atoms with van der Waals surface area (Å²) >= 11 is 0. The molecule has 1 aromatic carbocycles. The van der Waals surface area contributed by atoms with Crippen molar-refractivity contribution in [2.24, 2.45) is 5.92 Å². The Balaban J connectivity index is 0.00000176. The minimum atomic E-state index is 0. The lowest BCUT2D eigenvalue weighted by Gasteiger charge is -2.35. The number of halogens is 1. The highest BCUT2D eigenvalue weighted by Gasteiger charge is 2.19. The van der Waals surface area contributed by atoms with E-state index in [2.05, 4.69) is 45.4 Å². The van der Waals surface area contributed by atoms with Gasteiger partial charge in [0.2, 0.25) is 0 Å². The average Bonchev–Trinajstić information content (AvgIpc) is 2.56. The molecule has 0 atom stereocenters. The zero-order valence-corrected chi connectivity index (χ0v) is 14.4. The lowest BCUT2D eigenvalue weighted by molar-refractivity contribution is 0.119. The first-order valence-corrected chi connectivity index (χ1v) is 8.59. The Bertz CT molecular complexity index is 398. The van der Waals surface area contributed by atoms with E-state index in [4.69, 9.17) is 0 Å². The van der Waals surface area contributed by atoms with Gasteiger partial charge in [-0.3, -0.25) is 4.90 Å². The molecule has 0 saturated carbocycles. The van der Waals surface area contributed by atoms with E-state index in [9.17, 15) is 0 Å². The fourth-order valence-electron chi connectivity index (χ4n) is 3.55. The minimum absolute atomic E-state index is 0. The van der Waals surface area contributed by atoms with Crippen LogP contribution in [0.3, 0.4) is 0 Å². The smallest absolute Gasteiger partial charge is 0.0234 e. The van der Waals surface area contributed by atoms with Gasteiger partial charge in [-0.25, -0.2) is 0 Å². The zero-order valence-electron chi connectivity index (χ0n) is 13.5. The van der Waals surface area contributed by atoms with Gasteiger partial charge < -0.3 is 10.2 Å². The molecule has 0 radical (unpaired) electrons. The number of benzene rings is 1. The van der Waals surface area contributed by atoms with Crippen LogP contribution >= 0.6 is 12.4 Å². The van der Waals surface area contributed by atoms with Crippen LogP contribution in [0.25, 0.3) is 0 Å². The Morgan fingerprint density at radius 2 is 1.55 bits per heavy atom. The number of hydrogen-bond acceptors (Lipinski definition) is 3. The fraction of sp³-hybridized carbons (Fsp3) is 0.667. The topological polar surface area (TPSA) is 18.5 Å². The molecule has 2 aliphatic heterocycles. The molecule has 0 unspecified atom stereocenters. The van der Waals surface area contributed by atoms with Crippen molar-refractivity contribution in [3.8, 4) is 0 Å². The van der Waals surface area contributed by atoms with Crippen molar-refractivity contribution in [2.75, 3.05) is 45.8 Å². The standard InChI is InChI=1S/C18H29N3.ClH/c1-2-4-18(5-3-1)16-21-14-12-20(13-15-21)11-8-17-6-9-19-10-7-17;/h1-5,17,19H,6-16H2;1H. The number of rotatable bonds is 5. The summed E-state index contributed by atoms with van der Waals surface area (Å²) in [5.41, 5.74) is 1.45. The predicted octanol–water partition coefficient (Wildman–Crippen LogP) is 2.62. The van der Waals surface area contributed by atoms with Crippen LogP contribution in [-0.2, 0) is 6.54 Å². The quantitative estimate of drug-likeness (QED) is 0.898.